The molecule has 0 aromatic heterocycles. The molecule has 0 amide bonds. The Balaban J connectivity index is 0.00000245. The van der Waals surface area contributed by atoms with Gasteiger partial charge in [0.2, 0.25) is 0 Å². The van der Waals surface area contributed by atoms with Crippen LogP contribution in [0.2, 0.25) is 0 Å². The quantitative estimate of drug-likeness (QED) is 0.228. The normalized spacial score (nSPS) is 31.7. The average Bonchev–Trinajstić information content (AvgIpc) is 3.52. The number of rotatable bonds is 2. The Bertz CT molecular complexity index is 1070. The van der Waals surface area contributed by atoms with E-state index in [4.69, 9.17) is 0 Å². The summed E-state index contributed by atoms with van der Waals surface area (Å²) in [4.78, 5) is 2.02. The minimum atomic E-state index is -4.54. The summed E-state index contributed by atoms with van der Waals surface area (Å²) in [6.45, 7) is 1.65. The van der Waals surface area contributed by atoms with Gasteiger partial charge in [0.1, 0.15) is 0 Å². The van der Waals surface area contributed by atoms with Crippen LogP contribution in [-0.4, -0.2) is 38.4 Å². The van der Waals surface area contributed by atoms with Crippen LogP contribution < -0.4 is 9.80 Å². The maximum atomic E-state index is 13.0. The fourth-order valence-electron chi connectivity index (χ4n) is 5.32. The van der Waals surface area contributed by atoms with Gasteiger partial charge in [0.25, 0.3) is 5.91 Å². The Kier molecular flexibility index (Phi) is 5.36. The Morgan fingerprint density at radius 3 is 2.28 bits per heavy atom. The molecule has 1 saturated heterocycles. The molecule has 4 N–H and O–H groups in total. The van der Waals surface area contributed by atoms with Crippen molar-refractivity contribution in [1.82, 2.24) is 0 Å². The van der Waals surface area contributed by atoms with E-state index >= 15 is 0 Å². The first-order valence-corrected chi connectivity index (χ1v) is 10.1. The minimum Gasteiger partial charge on any atom is -0.348 e. The van der Waals surface area contributed by atoms with Crippen molar-refractivity contribution in [2.45, 2.75) is 48.8 Å². The number of halogens is 3. The van der Waals surface area contributed by atoms with Crippen molar-refractivity contribution in [3.05, 3.63) is 54.1 Å². The van der Waals surface area contributed by atoms with Gasteiger partial charge in [0, 0.05) is 49.9 Å². The zero-order valence-corrected chi connectivity index (χ0v) is 20.6. The van der Waals surface area contributed by atoms with Crippen LogP contribution in [0.15, 0.2) is 47.4 Å². The summed E-state index contributed by atoms with van der Waals surface area (Å²) in [5.74, 6) is -2.68. The van der Waals surface area contributed by atoms with Crippen molar-refractivity contribution in [2.24, 2.45) is 10.8 Å². The molecular weight excluding hydrogens is 522 g/mol. The number of hydrogen-bond donors (Lipinski definition) is 5. The summed E-state index contributed by atoms with van der Waals surface area (Å²) >= 11 is 4.30. The molecule has 169 valence electrons. The van der Waals surface area contributed by atoms with E-state index in [1.807, 2.05) is 0 Å². The average molecular weight is 542 g/mol. The molecule has 2 aliphatic carbocycles. The van der Waals surface area contributed by atoms with Crippen molar-refractivity contribution < 1.29 is 66.3 Å². The third kappa shape index (κ3) is 3.03. The molecule has 3 fully saturated rings. The molecule has 32 heavy (non-hydrogen) atoms. The number of alkyl halides is 3. The Morgan fingerprint density at radius 2 is 1.72 bits per heavy atom. The van der Waals surface area contributed by atoms with Gasteiger partial charge in [-0.2, -0.15) is 31.4 Å². The summed E-state index contributed by atoms with van der Waals surface area (Å²) in [5.41, 5.74) is -2.44. The molecule has 1 radical (unpaired) electrons. The van der Waals surface area contributed by atoms with Crippen LogP contribution in [-0.2, 0) is 38.9 Å². The number of aliphatic hydroxyl groups is 4. The molecule has 0 bridgehead atoms. The predicted octanol–water partition coefficient (Wildman–Crippen LogP) is 2.52. The molecule has 5 rings (SSSR count). The number of benzene rings is 2. The largest absolute Gasteiger partial charge is 0.416 e. The SMILES string of the molecule is CC12CC13CC3N(c1ccc(C(F)(F)F)cc1)C(O)(O)N(c1cc[c-]cc1S)C2(O)O.[Y]. The molecule has 2 aromatic rings. The van der Waals surface area contributed by atoms with Crippen LogP contribution in [0.3, 0.4) is 0 Å². The Morgan fingerprint density at radius 1 is 1.09 bits per heavy atom. The molecular formula is C21H20F3N2O4SY-. The van der Waals surface area contributed by atoms with Crippen LogP contribution in [0.1, 0.15) is 25.3 Å². The van der Waals surface area contributed by atoms with E-state index in [0.717, 1.165) is 29.2 Å². The van der Waals surface area contributed by atoms with Gasteiger partial charge in [-0.15, -0.1) is 6.07 Å². The van der Waals surface area contributed by atoms with Gasteiger partial charge in [0.05, 0.1) is 11.0 Å². The standard InChI is InChI=1S/C21H20F3N2O4S.Y/c1-17-11-18(17)10-16(18)25(13-8-6-12(7-9-13)19(22,23)24)21(29,30)26(20(17,27)28)14-4-2-3-5-15(14)31;/h2,4-9,16,27-31H,10-11H2,1H3;/q-1;. The summed E-state index contributed by atoms with van der Waals surface area (Å²) in [7, 11) is 0. The van der Waals surface area contributed by atoms with Crippen molar-refractivity contribution in [1.29, 1.82) is 0 Å². The van der Waals surface area contributed by atoms with E-state index in [-0.39, 0.29) is 49.0 Å². The van der Waals surface area contributed by atoms with E-state index in [2.05, 4.69) is 18.7 Å². The Labute approximate surface area is 212 Å². The molecule has 3 unspecified atom stereocenters. The summed E-state index contributed by atoms with van der Waals surface area (Å²) in [6, 6.07) is 7.59. The topological polar surface area (TPSA) is 87.4 Å². The van der Waals surface area contributed by atoms with Gasteiger partial charge in [-0.3, -0.25) is 9.80 Å². The van der Waals surface area contributed by atoms with Crippen LogP contribution in [0.5, 0.6) is 0 Å². The van der Waals surface area contributed by atoms with Gasteiger partial charge in [-0.05, 0) is 42.8 Å². The maximum Gasteiger partial charge on any atom is 0.416 e. The first-order chi connectivity index (χ1) is 14.3. The predicted molar refractivity (Wildman–Crippen MR) is 107 cm³/mol. The first kappa shape index (κ1) is 24.3. The summed E-state index contributed by atoms with van der Waals surface area (Å²) in [5, 5.41) is 45.2. The Hall–Kier alpha value is -0.876. The maximum absolute atomic E-state index is 13.0. The van der Waals surface area contributed by atoms with Gasteiger partial charge >= 0.3 is 12.2 Å². The molecule has 1 heterocycles. The molecule has 1 aliphatic heterocycles. The molecule has 11 heteroatoms. The molecule has 2 saturated carbocycles. The monoisotopic (exact) mass is 542 g/mol. The van der Waals surface area contributed by atoms with Gasteiger partial charge < -0.3 is 20.4 Å². The zero-order chi connectivity index (χ0) is 22.6. The van der Waals surface area contributed by atoms with E-state index in [1.165, 1.54) is 18.2 Å². The number of thiol groups is 1. The van der Waals surface area contributed by atoms with Crippen LogP contribution in [0.4, 0.5) is 24.5 Å². The smallest absolute Gasteiger partial charge is 0.348 e. The number of hydrogen-bond acceptors (Lipinski definition) is 7. The van der Waals surface area contributed by atoms with Gasteiger partial charge in [0.15, 0.2) is 0 Å². The minimum absolute atomic E-state index is 0. The third-order valence-corrected chi connectivity index (χ3v) is 7.56. The molecule has 2 aromatic carbocycles. The van der Waals surface area contributed by atoms with Crippen LogP contribution in [0.25, 0.3) is 0 Å². The second-order valence-corrected chi connectivity index (χ2v) is 9.27. The van der Waals surface area contributed by atoms with Gasteiger partial charge in [-0.25, -0.2) is 12.6 Å². The van der Waals surface area contributed by atoms with Crippen molar-refractivity contribution >= 4 is 24.0 Å². The van der Waals surface area contributed by atoms with Crippen LogP contribution in [0, 0.1) is 16.9 Å². The van der Waals surface area contributed by atoms with Crippen molar-refractivity contribution in [3.63, 3.8) is 0 Å². The van der Waals surface area contributed by atoms with Crippen molar-refractivity contribution in [3.8, 4) is 0 Å². The molecule has 3 atom stereocenters. The molecule has 6 nitrogen and oxygen atoms in total. The van der Waals surface area contributed by atoms with E-state index in [0.29, 0.717) is 17.7 Å². The van der Waals surface area contributed by atoms with Gasteiger partial charge in [-0.1, -0.05) is 11.8 Å². The van der Waals surface area contributed by atoms with E-state index in [1.54, 1.807) is 6.92 Å². The fourth-order valence-corrected chi connectivity index (χ4v) is 5.56. The number of anilines is 2. The summed E-state index contributed by atoms with van der Waals surface area (Å²) < 4.78 is 39.0. The zero-order valence-electron chi connectivity index (χ0n) is 16.9. The van der Waals surface area contributed by atoms with Crippen LogP contribution >= 0.6 is 12.6 Å². The van der Waals surface area contributed by atoms with E-state index < -0.39 is 40.6 Å². The summed E-state index contributed by atoms with van der Waals surface area (Å²) in [6.07, 6.45) is -3.69. The van der Waals surface area contributed by atoms with Crippen molar-refractivity contribution in [2.75, 3.05) is 9.80 Å². The second kappa shape index (κ2) is 7.07. The molecule has 1 spiro atoms. The second-order valence-electron chi connectivity index (χ2n) is 8.79. The number of nitrogens with zero attached hydrogens (tertiary/aromatic N) is 2. The third-order valence-electron chi connectivity index (χ3n) is 7.20. The molecule has 3 aliphatic rings. The fraction of sp³-hybridized carbons (Fsp3) is 0.429. The van der Waals surface area contributed by atoms with E-state index in [9.17, 15) is 33.6 Å². The first-order valence-electron chi connectivity index (χ1n) is 9.63.